The fourth-order valence-electron chi connectivity index (χ4n) is 5.26. The van der Waals surface area contributed by atoms with Gasteiger partial charge in [0.1, 0.15) is 5.82 Å². The van der Waals surface area contributed by atoms with Crippen molar-refractivity contribution in [2.24, 2.45) is 5.41 Å². The van der Waals surface area contributed by atoms with Crippen LogP contribution >= 0.6 is 11.3 Å². The molecule has 0 radical (unpaired) electrons. The predicted octanol–water partition coefficient (Wildman–Crippen LogP) is 7.88. The quantitative estimate of drug-likeness (QED) is 0.285. The average molecular weight is 479 g/mol. The van der Waals surface area contributed by atoms with Crippen LogP contribution in [-0.2, 0) is 4.79 Å². The van der Waals surface area contributed by atoms with Crippen LogP contribution in [0.5, 0.6) is 0 Å². The lowest BCUT2D eigenvalue weighted by Gasteiger charge is -2.31. The number of thiazole rings is 1. The van der Waals surface area contributed by atoms with E-state index in [1.807, 2.05) is 61.7 Å². The maximum atomic E-state index is 14.3. The molecule has 1 amide bonds. The summed E-state index contributed by atoms with van der Waals surface area (Å²) in [5.74, 6) is -0.402. The summed E-state index contributed by atoms with van der Waals surface area (Å²) in [4.78, 5) is 18.3. The lowest BCUT2D eigenvalue weighted by atomic mass is 9.73. The van der Waals surface area contributed by atoms with E-state index in [-0.39, 0.29) is 17.6 Å². The van der Waals surface area contributed by atoms with Gasteiger partial charge in [-0.1, -0.05) is 86.6 Å². The van der Waals surface area contributed by atoms with Crippen LogP contribution in [0.1, 0.15) is 30.9 Å². The second-order valence-corrected chi connectivity index (χ2v) is 10.3. The van der Waals surface area contributed by atoms with Gasteiger partial charge < -0.3 is 5.32 Å². The number of hydrogen-bond donors (Lipinski definition) is 1. The molecular formula is C30H23FN2OS. The molecule has 1 aromatic heterocycles. The standard InChI is InChI=1S/C30H23FN2OS/c1-30(2,27-23-13-7-4-9-18(23)19-10-5-8-14-24(19)27)28(34)33-29-32-26(17-35-29)22-15-16-25(31)21-12-6-3-11-20(21)22/h3-17,27H,1-2H3,(H,32,33,34). The SMILES string of the molecule is CC(C)(C(=O)Nc1nc(-c2ccc(F)c3ccccc23)cs1)C1c2ccccc2-c2ccccc21. The number of fused-ring (bicyclic) bond motifs is 4. The Morgan fingerprint density at radius 3 is 2.11 bits per heavy atom. The first-order valence-electron chi connectivity index (χ1n) is 11.6. The smallest absolute Gasteiger partial charge is 0.232 e. The molecule has 4 aromatic carbocycles. The molecule has 0 fully saturated rings. The van der Waals surface area contributed by atoms with Crippen LogP contribution in [0, 0.1) is 11.2 Å². The molecule has 0 saturated carbocycles. The van der Waals surface area contributed by atoms with E-state index in [2.05, 4.69) is 29.6 Å². The Hall–Kier alpha value is -3.83. The summed E-state index contributed by atoms with van der Waals surface area (Å²) in [7, 11) is 0. The Morgan fingerprint density at radius 2 is 1.43 bits per heavy atom. The lowest BCUT2D eigenvalue weighted by Crippen LogP contribution is -2.36. The van der Waals surface area contributed by atoms with Crippen LogP contribution in [-0.4, -0.2) is 10.9 Å². The van der Waals surface area contributed by atoms with Crippen molar-refractivity contribution in [3.63, 3.8) is 0 Å². The number of carbonyl (C=O) groups excluding carboxylic acids is 1. The number of amides is 1. The highest BCUT2D eigenvalue weighted by atomic mass is 32.1. The van der Waals surface area contributed by atoms with Crippen molar-refractivity contribution in [3.05, 3.63) is 107 Å². The van der Waals surface area contributed by atoms with E-state index >= 15 is 0 Å². The van der Waals surface area contributed by atoms with Gasteiger partial charge in [-0.3, -0.25) is 4.79 Å². The highest BCUT2D eigenvalue weighted by Crippen LogP contribution is 2.52. The molecule has 6 rings (SSSR count). The van der Waals surface area contributed by atoms with Crippen LogP contribution in [0.2, 0.25) is 0 Å². The molecule has 0 atom stereocenters. The molecule has 35 heavy (non-hydrogen) atoms. The maximum Gasteiger partial charge on any atom is 0.232 e. The van der Waals surface area contributed by atoms with Crippen LogP contribution in [0.3, 0.4) is 0 Å². The van der Waals surface area contributed by atoms with Gasteiger partial charge >= 0.3 is 0 Å². The zero-order valence-corrected chi connectivity index (χ0v) is 20.2. The van der Waals surface area contributed by atoms with Gasteiger partial charge in [0.15, 0.2) is 5.13 Å². The topological polar surface area (TPSA) is 42.0 Å². The molecule has 0 unspecified atom stereocenters. The molecule has 0 spiro atoms. The third-order valence-electron chi connectivity index (χ3n) is 7.01. The van der Waals surface area contributed by atoms with Crippen LogP contribution in [0.25, 0.3) is 33.2 Å². The van der Waals surface area contributed by atoms with E-state index in [4.69, 9.17) is 4.98 Å². The zero-order chi connectivity index (χ0) is 24.2. The van der Waals surface area contributed by atoms with Crippen molar-refractivity contribution >= 4 is 33.1 Å². The third kappa shape index (κ3) is 3.46. The molecule has 5 aromatic rings. The summed E-state index contributed by atoms with van der Waals surface area (Å²) < 4.78 is 14.3. The van der Waals surface area contributed by atoms with E-state index in [1.54, 1.807) is 12.1 Å². The maximum absolute atomic E-state index is 14.3. The van der Waals surface area contributed by atoms with Gasteiger partial charge in [-0.15, -0.1) is 11.3 Å². The van der Waals surface area contributed by atoms with Gasteiger partial charge in [-0.2, -0.15) is 0 Å². The Balaban J connectivity index is 1.32. The van der Waals surface area contributed by atoms with Gasteiger partial charge in [0.2, 0.25) is 5.91 Å². The van der Waals surface area contributed by atoms with Crippen LogP contribution < -0.4 is 5.32 Å². The lowest BCUT2D eigenvalue weighted by molar-refractivity contribution is -0.124. The van der Waals surface area contributed by atoms with Gasteiger partial charge in [0, 0.05) is 22.2 Å². The van der Waals surface area contributed by atoms with E-state index in [0.29, 0.717) is 10.5 Å². The summed E-state index contributed by atoms with van der Waals surface area (Å²) in [6.45, 7) is 3.99. The molecule has 1 aliphatic rings. The molecule has 1 N–H and O–H groups in total. The molecule has 3 nitrogen and oxygen atoms in total. The second kappa shape index (κ2) is 8.14. The zero-order valence-electron chi connectivity index (χ0n) is 19.4. The second-order valence-electron chi connectivity index (χ2n) is 9.46. The minimum Gasteiger partial charge on any atom is -0.301 e. The van der Waals surface area contributed by atoms with Gasteiger partial charge in [-0.05, 0) is 39.8 Å². The monoisotopic (exact) mass is 478 g/mol. The first kappa shape index (κ1) is 21.7. The number of aromatic nitrogens is 1. The molecule has 172 valence electrons. The number of anilines is 1. The van der Waals surface area contributed by atoms with Crippen molar-refractivity contribution < 1.29 is 9.18 Å². The summed E-state index contributed by atoms with van der Waals surface area (Å²) >= 11 is 1.38. The highest BCUT2D eigenvalue weighted by Gasteiger charge is 2.44. The van der Waals surface area contributed by atoms with E-state index < -0.39 is 5.41 Å². The van der Waals surface area contributed by atoms with Gasteiger partial charge in [-0.25, -0.2) is 9.37 Å². The molecule has 0 saturated heterocycles. The molecule has 5 heteroatoms. The first-order chi connectivity index (χ1) is 16.9. The number of carbonyl (C=O) groups is 1. The van der Waals surface area contributed by atoms with Crippen molar-refractivity contribution in [2.45, 2.75) is 19.8 Å². The number of hydrogen-bond acceptors (Lipinski definition) is 3. The fraction of sp³-hybridized carbons (Fsp3) is 0.133. The highest BCUT2D eigenvalue weighted by molar-refractivity contribution is 7.14. The van der Waals surface area contributed by atoms with Gasteiger partial charge in [0.25, 0.3) is 0 Å². The van der Waals surface area contributed by atoms with E-state index in [0.717, 1.165) is 16.6 Å². The Morgan fingerprint density at radius 1 is 0.829 bits per heavy atom. The van der Waals surface area contributed by atoms with E-state index in [1.165, 1.54) is 39.7 Å². The molecule has 1 heterocycles. The number of halogens is 1. The summed E-state index contributed by atoms with van der Waals surface area (Å²) in [5.41, 5.74) is 5.57. The van der Waals surface area contributed by atoms with E-state index in [9.17, 15) is 9.18 Å². The van der Waals surface area contributed by atoms with Crippen LogP contribution in [0.4, 0.5) is 9.52 Å². The third-order valence-corrected chi connectivity index (χ3v) is 7.77. The largest absolute Gasteiger partial charge is 0.301 e. The normalized spacial score (nSPS) is 13.0. The minimum absolute atomic E-state index is 0.0598. The Kier molecular flexibility index (Phi) is 5.04. The number of nitrogens with zero attached hydrogens (tertiary/aromatic N) is 1. The molecule has 1 aliphatic carbocycles. The van der Waals surface area contributed by atoms with Crippen molar-refractivity contribution in [2.75, 3.05) is 5.32 Å². The summed E-state index contributed by atoms with van der Waals surface area (Å²) in [6, 6.07) is 27.2. The number of benzene rings is 4. The fourth-order valence-corrected chi connectivity index (χ4v) is 5.97. The average Bonchev–Trinajstić information content (AvgIpc) is 3.47. The molecule has 0 aliphatic heterocycles. The first-order valence-corrected chi connectivity index (χ1v) is 12.5. The minimum atomic E-state index is -0.711. The van der Waals surface area contributed by atoms with Gasteiger partial charge in [0.05, 0.1) is 11.1 Å². The predicted molar refractivity (Wildman–Crippen MR) is 141 cm³/mol. The number of nitrogens with one attached hydrogen (secondary N) is 1. The molecular weight excluding hydrogens is 455 g/mol. The Bertz CT molecular complexity index is 1560. The molecule has 0 bridgehead atoms. The summed E-state index contributed by atoms with van der Waals surface area (Å²) in [6.07, 6.45) is 0. The van der Waals surface area contributed by atoms with Crippen LogP contribution in [0.15, 0.2) is 90.3 Å². The van der Waals surface area contributed by atoms with Crippen molar-refractivity contribution in [1.29, 1.82) is 0 Å². The van der Waals surface area contributed by atoms with Crippen molar-refractivity contribution in [3.8, 4) is 22.4 Å². The Labute approximate surface area is 207 Å². The number of rotatable bonds is 4. The summed E-state index contributed by atoms with van der Waals surface area (Å²) in [5, 5.41) is 6.86. The van der Waals surface area contributed by atoms with Crippen molar-refractivity contribution in [1.82, 2.24) is 4.98 Å².